The molecule has 6 heteroatoms. The lowest BCUT2D eigenvalue weighted by molar-refractivity contribution is 0.0921. The Morgan fingerprint density at radius 2 is 2.21 bits per heavy atom. The molecule has 0 unspecified atom stereocenters. The summed E-state index contributed by atoms with van der Waals surface area (Å²) in [6, 6.07) is 10.4. The van der Waals surface area contributed by atoms with Crippen LogP contribution in [-0.4, -0.2) is 15.5 Å². The Kier molecular flexibility index (Phi) is 4.24. The molecule has 0 spiro atoms. The van der Waals surface area contributed by atoms with E-state index in [1.165, 1.54) is 22.5 Å². The van der Waals surface area contributed by atoms with Crippen LogP contribution in [0, 0.1) is 0 Å². The third-order valence-electron chi connectivity index (χ3n) is 4.50. The van der Waals surface area contributed by atoms with Gasteiger partial charge in [0, 0.05) is 16.9 Å². The molecule has 4 nitrogen and oxygen atoms in total. The molecule has 1 N–H and O–H groups in total. The van der Waals surface area contributed by atoms with Gasteiger partial charge in [0.1, 0.15) is 4.88 Å². The Balaban J connectivity index is 1.70. The molecule has 24 heavy (non-hydrogen) atoms. The van der Waals surface area contributed by atoms with Crippen molar-refractivity contribution in [1.82, 2.24) is 14.9 Å². The van der Waals surface area contributed by atoms with Gasteiger partial charge in [-0.2, -0.15) is 0 Å². The highest BCUT2D eigenvalue weighted by atomic mass is 79.9. The second-order valence-corrected chi connectivity index (χ2v) is 7.63. The van der Waals surface area contributed by atoms with Gasteiger partial charge in [0.15, 0.2) is 0 Å². The van der Waals surface area contributed by atoms with Gasteiger partial charge in [0.2, 0.25) is 0 Å². The lowest BCUT2D eigenvalue weighted by atomic mass is 9.84. The lowest BCUT2D eigenvalue weighted by Crippen LogP contribution is -2.37. The van der Waals surface area contributed by atoms with E-state index in [-0.39, 0.29) is 18.0 Å². The summed E-state index contributed by atoms with van der Waals surface area (Å²) < 4.78 is 2.94. The molecule has 3 aromatic rings. The molecule has 2 atom stereocenters. The maximum Gasteiger partial charge on any atom is 0.263 e. The average molecular weight is 402 g/mol. The predicted octanol–water partition coefficient (Wildman–Crippen LogP) is 4.37. The number of rotatable bonds is 3. The van der Waals surface area contributed by atoms with Crippen molar-refractivity contribution in [1.29, 1.82) is 0 Å². The van der Waals surface area contributed by atoms with Crippen LogP contribution in [0.2, 0.25) is 0 Å². The van der Waals surface area contributed by atoms with Crippen LogP contribution in [-0.2, 0) is 6.42 Å². The van der Waals surface area contributed by atoms with Crippen molar-refractivity contribution in [3.63, 3.8) is 0 Å². The maximum absolute atomic E-state index is 12.8. The molecule has 1 aliphatic rings. The van der Waals surface area contributed by atoms with Crippen molar-refractivity contribution in [2.24, 2.45) is 0 Å². The Bertz CT molecular complexity index is 859. The van der Waals surface area contributed by atoms with Crippen molar-refractivity contribution in [2.75, 3.05) is 0 Å². The smallest absolute Gasteiger partial charge is 0.263 e. The highest BCUT2D eigenvalue weighted by Crippen LogP contribution is 2.38. The normalized spacial score (nSPS) is 19.7. The summed E-state index contributed by atoms with van der Waals surface area (Å²) >= 11 is 4.90. The molecule has 0 fully saturated rings. The molecule has 0 saturated heterocycles. The predicted molar refractivity (Wildman–Crippen MR) is 98.3 cm³/mol. The highest BCUT2D eigenvalue weighted by molar-refractivity contribution is 9.10. The molecule has 2 aromatic heterocycles. The minimum Gasteiger partial charge on any atom is -0.342 e. The van der Waals surface area contributed by atoms with Crippen molar-refractivity contribution < 1.29 is 4.79 Å². The molecule has 4 rings (SSSR count). The Morgan fingerprint density at radius 3 is 2.96 bits per heavy atom. The topological polar surface area (TPSA) is 46.9 Å². The van der Waals surface area contributed by atoms with Gasteiger partial charge in [0.25, 0.3) is 5.91 Å². The number of aryl methyl sites for hydroxylation is 1. The summed E-state index contributed by atoms with van der Waals surface area (Å²) in [5.74, 6) is -0.0382. The van der Waals surface area contributed by atoms with Gasteiger partial charge in [-0.25, -0.2) is 4.98 Å². The average Bonchev–Trinajstić information content (AvgIpc) is 3.26. The van der Waals surface area contributed by atoms with Crippen LogP contribution >= 0.6 is 27.3 Å². The molecular formula is C18H16BrN3OS. The van der Waals surface area contributed by atoms with Crippen LogP contribution in [0.5, 0.6) is 0 Å². The fourth-order valence-electron chi connectivity index (χ4n) is 3.37. The first-order chi connectivity index (χ1) is 11.7. The molecule has 0 aliphatic heterocycles. The third-order valence-corrected chi connectivity index (χ3v) is 6.34. The maximum atomic E-state index is 12.8. The monoisotopic (exact) mass is 401 g/mol. The van der Waals surface area contributed by atoms with Crippen LogP contribution in [0.25, 0.3) is 0 Å². The van der Waals surface area contributed by atoms with E-state index in [0.717, 1.165) is 17.3 Å². The number of fused-ring (bicyclic) bond motifs is 1. The number of halogens is 1. The molecule has 1 aliphatic carbocycles. The Hall–Kier alpha value is -1.92. The first-order valence-electron chi connectivity index (χ1n) is 7.83. The van der Waals surface area contributed by atoms with Crippen LogP contribution in [0.1, 0.15) is 39.3 Å². The van der Waals surface area contributed by atoms with Gasteiger partial charge >= 0.3 is 0 Å². The zero-order chi connectivity index (χ0) is 16.5. The lowest BCUT2D eigenvalue weighted by Gasteiger charge is -2.35. The summed E-state index contributed by atoms with van der Waals surface area (Å²) in [5.41, 5.74) is 2.51. The van der Waals surface area contributed by atoms with Gasteiger partial charge in [-0.1, -0.05) is 24.3 Å². The second-order valence-electron chi connectivity index (χ2n) is 5.86. The zero-order valence-corrected chi connectivity index (χ0v) is 15.3. The van der Waals surface area contributed by atoms with E-state index in [9.17, 15) is 4.79 Å². The van der Waals surface area contributed by atoms with Crippen LogP contribution in [0.15, 0.2) is 58.9 Å². The van der Waals surface area contributed by atoms with Crippen LogP contribution < -0.4 is 5.32 Å². The van der Waals surface area contributed by atoms with E-state index in [1.807, 2.05) is 30.0 Å². The molecule has 0 bridgehead atoms. The van der Waals surface area contributed by atoms with Gasteiger partial charge in [-0.3, -0.25) is 4.79 Å². The number of nitrogens with zero attached hydrogens (tertiary/aromatic N) is 2. The molecular weight excluding hydrogens is 386 g/mol. The summed E-state index contributed by atoms with van der Waals surface area (Å²) in [6.45, 7) is 0. The number of carbonyl (C=O) groups is 1. The fraction of sp³-hybridized carbons (Fsp3) is 0.222. The highest BCUT2D eigenvalue weighted by Gasteiger charge is 2.32. The van der Waals surface area contributed by atoms with E-state index >= 15 is 0 Å². The molecule has 1 amide bonds. The molecule has 122 valence electrons. The second kappa shape index (κ2) is 6.53. The van der Waals surface area contributed by atoms with Crippen molar-refractivity contribution in [2.45, 2.75) is 24.9 Å². The summed E-state index contributed by atoms with van der Waals surface area (Å²) in [4.78, 5) is 17.7. The van der Waals surface area contributed by atoms with Gasteiger partial charge in [0.05, 0.1) is 18.4 Å². The van der Waals surface area contributed by atoms with Gasteiger partial charge in [-0.15, -0.1) is 11.3 Å². The SMILES string of the molecule is O=C(N[C@@H]1c2ccccc2CC[C@@H]1n1ccnc1)c1sccc1Br. The fourth-order valence-corrected chi connectivity index (χ4v) is 4.82. The number of nitrogens with one attached hydrogen (secondary N) is 1. The number of carbonyl (C=O) groups excluding carboxylic acids is 1. The zero-order valence-electron chi connectivity index (χ0n) is 12.9. The summed E-state index contributed by atoms with van der Waals surface area (Å²) in [5, 5.41) is 5.17. The van der Waals surface area contributed by atoms with E-state index in [4.69, 9.17) is 0 Å². The van der Waals surface area contributed by atoms with Crippen molar-refractivity contribution in [3.8, 4) is 0 Å². The van der Waals surface area contributed by atoms with Crippen molar-refractivity contribution >= 4 is 33.2 Å². The minimum absolute atomic E-state index is 0.0382. The number of amides is 1. The molecule has 1 aromatic carbocycles. The first kappa shape index (κ1) is 15.6. The quantitative estimate of drug-likeness (QED) is 0.708. The number of imidazole rings is 1. The third kappa shape index (κ3) is 2.80. The number of benzene rings is 1. The summed E-state index contributed by atoms with van der Waals surface area (Å²) in [7, 11) is 0. The number of thiophene rings is 1. The number of hydrogen-bond donors (Lipinski definition) is 1. The Morgan fingerprint density at radius 1 is 1.33 bits per heavy atom. The minimum atomic E-state index is -0.0642. The standard InChI is InChI=1S/C18H16BrN3OS/c19-14-7-10-24-17(14)18(23)21-16-13-4-2-1-3-12(13)5-6-15(16)22-9-8-20-11-22/h1-4,7-11,15-16H,5-6H2,(H,21,23)/t15-,16+/m0/s1. The van der Waals surface area contributed by atoms with E-state index in [0.29, 0.717) is 4.88 Å². The van der Waals surface area contributed by atoms with Crippen LogP contribution in [0.3, 0.4) is 0 Å². The largest absolute Gasteiger partial charge is 0.342 e. The first-order valence-corrected chi connectivity index (χ1v) is 9.50. The molecule has 0 radical (unpaired) electrons. The summed E-state index contributed by atoms with van der Waals surface area (Å²) in [6.07, 6.45) is 7.57. The number of aromatic nitrogens is 2. The van der Waals surface area contributed by atoms with Crippen LogP contribution in [0.4, 0.5) is 0 Å². The molecule has 0 saturated carbocycles. The van der Waals surface area contributed by atoms with E-state index < -0.39 is 0 Å². The van der Waals surface area contributed by atoms with E-state index in [1.54, 1.807) is 6.20 Å². The van der Waals surface area contributed by atoms with Gasteiger partial charge in [-0.05, 0) is 51.3 Å². The molecule has 2 heterocycles. The van der Waals surface area contributed by atoms with E-state index in [2.05, 4.69) is 49.0 Å². The number of hydrogen-bond acceptors (Lipinski definition) is 3. The Labute approximate surface area is 152 Å². The van der Waals surface area contributed by atoms with Gasteiger partial charge < -0.3 is 9.88 Å². The van der Waals surface area contributed by atoms with Crippen molar-refractivity contribution in [3.05, 3.63) is 74.9 Å².